The molecule has 1 aromatic heterocycles. The van der Waals surface area contributed by atoms with Crippen molar-refractivity contribution in [1.82, 2.24) is 4.98 Å². The van der Waals surface area contributed by atoms with Crippen molar-refractivity contribution in [2.24, 2.45) is 5.92 Å². The number of aromatic nitrogens is 1. The zero-order valence-electron chi connectivity index (χ0n) is 14.6. The van der Waals surface area contributed by atoms with Gasteiger partial charge in [-0.25, -0.2) is 9.78 Å². The number of amides is 1. The average molecular weight is 372 g/mol. The maximum atomic E-state index is 12.1. The summed E-state index contributed by atoms with van der Waals surface area (Å²) in [5, 5.41) is 10.0. The predicted octanol–water partition coefficient (Wildman–Crippen LogP) is 3.01. The van der Waals surface area contributed by atoms with Crippen LogP contribution in [0.3, 0.4) is 0 Å². The summed E-state index contributed by atoms with van der Waals surface area (Å²) in [6.07, 6.45) is 1.20. The van der Waals surface area contributed by atoms with Gasteiger partial charge in [0, 0.05) is 31.8 Å². The molecule has 0 aliphatic carbocycles. The molecule has 0 radical (unpaired) electrons. The number of nitriles is 1. The fourth-order valence-electron chi connectivity index (χ4n) is 3.41. The largest absolute Gasteiger partial charge is 0.441 e. The van der Waals surface area contributed by atoms with Gasteiger partial charge in [-0.2, -0.15) is 5.26 Å². The molecule has 2 fully saturated rings. The Bertz CT molecular complexity index is 854. The molecule has 0 N–H and O–H groups in total. The Morgan fingerprint density at radius 3 is 2.96 bits per heavy atom. The number of ether oxygens (including phenoxy) is 2. The van der Waals surface area contributed by atoms with Gasteiger partial charge in [0.05, 0.1) is 29.4 Å². The van der Waals surface area contributed by atoms with Crippen LogP contribution in [0.25, 0.3) is 10.2 Å². The van der Waals surface area contributed by atoms with E-state index in [-0.39, 0.29) is 18.1 Å². The minimum Gasteiger partial charge on any atom is -0.441 e. The van der Waals surface area contributed by atoms with E-state index in [0.29, 0.717) is 13.2 Å². The Hall–Kier alpha value is -2.37. The normalized spacial score (nSPS) is 21.2. The first-order chi connectivity index (χ1) is 12.7. The van der Waals surface area contributed by atoms with Crippen LogP contribution >= 0.6 is 11.3 Å². The van der Waals surface area contributed by atoms with Crippen LogP contribution in [-0.2, 0) is 9.47 Å². The smallest absolute Gasteiger partial charge is 0.414 e. The van der Waals surface area contributed by atoms with Gasteiger partial charge in [0.1, 0.15) is 6.10 Å². The van der Waals surface area contributed by atoms with Crippen molar-refractivity contribution in [3.8, 4) is 6.07 Å². The molecule has 2 aromatic rings. The molecule has 8 heteroatoms. The third kappa shape index (κ3) is 3.20. The van der Waals surface area contributed by atoms with Gasteiger partial charge in [-0.15, -0.1) is 0 Å². The number of cyclic esters (lactones) is 1. The van der Waals surface area contributed by atoms with E-state index in [9.17, 15) is 4.79 Å². The van der Waals surface area contributed by atoms with Gasteiger partial charge in [0.15, 0.2) is 5.13 Å². The Labute approximate surface area is 155 Å². The Morgan fingerprint density at radius 2 is 2.23 bits per heavy atom. The van der Waals surface area contributed by atoms with Gasteiger partial charge in [0.25, 0.3) is 0 Å². The Balaban J connectivity index is 1.53. The van der Waals surface area contributed by atoms with Gasteiger partial charge in [-0.05, 0) is 31.0 Å². The highest BCUT2D eigenvalue weighted by Crippen LogP contribution is 2.34. The number of piperidine rings is 1. The number of anilines is 2. The molecular weight excluding hydrogens is 352 g/mol. The number of benzene rings is 1. The van der Waals surface area contributed by atoms with Gasteiger partial charge < -0.3 is 14.4 Å². The second-order valence-corrected chi connectivity index (χ2v) is 7.62. The molecule has 1 unspecified atom stereocenters. The van der Waals surface area contributed by atoms with Crippen LogP contribution in [-0.4, -0.2) is 50.5 Å². The molecule has 0 saturated carbocycles. The maximum Gasteiger partial charge on any atom is 0.414 e. The highest BCUT2D eigenvalue weighted by atomic mass is 32.1. The number of methoxy groups -OCH3 is 1. The third-order valence-electron chi connectivity index (χ3n) is 4.85. The molecule has 1 aromatic carbocycles. The van der Waals surface area contributed by atoms with Gasteiger partial charge in [0.2, 0.25) is 0 Å². The number of hydrogen-bond donors (Lipinski definition) is 0. The van der Waals surface area contributed by atoms with Crippen molar-refractivity contribution < 1.29 is 14.3 Å². The summed E-state index contributed by atoms with van der Waals surface area (Å²) >= 11 is 1.63. The highest BCUT2D eigenvalue weighted by Gasteiger charge is 2.32. The topological polar surface area (TPSA) is 78.7 Å². The fourth-order valence-corrected chi connectivity index (χ4v) is 4.46. The molecule has 136 valence electrons. The maximum absolute atomic E-state index is 12.1. The molecule has 1 atom stereocenters. The van der Waals surface area contributed by atoms with Crippen LogP contribution < -0.4 is 9.80 Å². The van der Waals surface area contributed by atoms with Crippen LogP contribution in [0.15, 0.2) is 18.2 Å². The molecule has 3 heterocycles. The molecule has 2 aliphatic rings. The van der Waals surface area contributed by atoms with Crippen molar-refractivity contribution in [2.75, 3.05) is 43.2 Å². The molecule has 26 heavy (non-hydrogen) atoms. The van der Waals surface area contributed by atoms with Gasteiger partial charge in [-0.1, -0.05) is 11.3 Å². The molecule has 7 nitrogen and oxygen atoms in total. The van der Waals surface area contributed by atoms with E-state index in [1.807, 2.05) is 18.2 Å². The van der Waals surface area contributed by atoms with E-state index in [1.54, 1.807) is 23.3 Å². The summed E-state index contributed by atoms with van der Waals surface area (Å²) in [5.41, 5.74) is 1.75. The minimum absolute atomic E-state index is 0.161. The molecule has 2 saturated heterocycles. The number of nitrogens with zero attached hydrogens (tertiary/aromatic N) is 4. The van der Waals surface area contributed by atoms with Crippen LogP contribution in [0.1, 0.15) is 12.8 Å². The average Bonchev–Trinajstić information content (AvgIpc) is 3.24. The first-order valence-electron chi connectivity index (χ1n) is 8.70. The lowest BCUT2D eigenvalue weighted by atomic mass is 9.99. The highest BCUT2D eigenvalue weighted by molar-refractivity contribution is 7.22. The van der Waals surface area contributed by atoms with Crippen molar-refractivity contribution >= 4 is 38.5 Å². The lowest BCUT2D eigenvalue weighted by Crippen LogP contribution is -2.33. The molecule has 0 bridgehead atoms. The molecular formula is C18H20N4O3S. The lowest BCUT2D eigenvalue weighted by molar-refractivity contribution is 0.0718. The zero-order valence-corrected chi connectivity index (χ0v) is 15.4. The summed E-state index contributed by atoms with van der Waals surface area (Å²) in [7, 11) is 1.60. The molecule has 0 spiro atoms. The summed E-state index contributed by atoms with van der Waals surface area (Å²) in [5.74, 6) is 0.161. The van der Waals surface area contributed by atoms with E-state index >= 15 is 0 Å². The second-order valence-electron chi connectivity index (χ2n) is 6.61. The summed E-state index contributed by atoms with van der Waals surface area (Å²) < 4.78 is 11.4. The van der Waals surface area contributed by atoms with Crippen molar-refractivity contribution in [3.05, 3.63) is 18.2 Å². The van der Waals surface area contributed by atoms with Crippen LogP contribution in [0.4, 0.5) is 15.6 Å². The lowest BCUT2D eigenvalue weighted by Gasteiger charge is -2.28. The third-order valence-corrected chi connectivity index (χ3v) is 5.93. The first-order valence-corrected chi connectivity index (χ1v) is 9.52. The monoisotopic (exact) mass is 372 g/mol. The number of carbonyl (C=O) groups is 1. The summed E-state index contributed by atoms with van der Waals surface area (Å²) in [6, 6.07) is 8.21. The van der Waals surface area contributed by atoms with Crippen LogP contribution in [0, 0.1) is 17.2 Å². The first kappa shape index (κ1) is 17.1. The van der Waals surface area contributed by atoms with E-state index in [0.717, 1.165) is 47.0 Å². The van der Waals surface area contributed by atoms with Crippen LogP contribution in [0.5, 0.6) is 0 Å². The number of rotatable bonds is 4. The van der Waals surface area contributed by atoms with E-state index < -0.39 is 0 Å². The molecule has 2 aliphatic heterocycles. The van der Waals surface area contributed by atoms with Crippen molar-refractivity contribution in [2.45, 2.75) is 18.9 Å². The number of carbonyl (C=O) groups excluding carboxylic acids is 1. The Morgan fingerprint density at radius 1 is 1.42 bits per heavy atom. The summed E-state index contributed by atoms with van der Waals surface area (Å²) in [4.78, 5) is 20.7. The SMILES string of the molecule is COCC1CN(c2ccc3nc(N4CCC(C#N)CC4)sc3c2)C(=O)O1. The molecule has 1 amide bonds. The van der Waals surface area contributed by atoms with Crippen LogP contribution in [0.2, 0.25) is 0 Å². The summed E-state index contributed by atoms with van der Waals surface area (Å²) in [6.45, 7) is 2.61. The predicted molar refractivity (Wildman–Crippen MR) is 99.7 cm³/mol. The van der Waals surface area contributed by atoms with E-state index in [4.69, 9.17) is 19.7 Å². The van der Waals surface area contributed by atoms with Gasteiger partial charge in [-0.3, -0.25) is 4.90 Å². The molecule has 4 rings (SSSR count). The zero-order chi connectivity index (χ0) is 18.1. The van der Waals surface area contributed by atoms with Gasteiger partial charge >= 0.3 is 6.09 Å². The van der Waals surface area contributed by atoms with Crippen molar-refractivity contribution in [3.63, 3.8) is 0 Å². The number of thiazole rings is 1. The fraction of sp³-hybridized carbons (Fsp3) is 0.500. The minimum atomic E-state index is -0.338. The second kappa shape index (κ2) is 7.09. The quantitative estimate of drug-likeness (QED) is 0.821. The standard InChI is InChI=1S/C18H20N4O3S/c1-24-11-14-10-22(18(23)25-14)13-2-3-15-16(8-13)26-17(20-15)21-6-4-12(9-19)5-7-21/h2-3,8,12,14H,4-7,10-11H2,1H3. The number of fused-ring (bicyclic) bond motifs is 1. The van der Waals surface area contributed by atoms with E-state index in [1.165, 1.54) is 0 Å². The Kier molecular flexibility index (Phi) is 4.66. The van der Waals surface area contributed by atoms with Crippen molar-refractivity contribution in [1.29, 1.82) is 5.26 Å². The van der Waals surface area contributed by atoms with E-state index in [2.05, 4.69) is 11.0 Å². The number of hydrogen-bond acceptors (Lipinski definition) is 7.